The lowest BCUT2D eigenvalue weighted by molar-refractivity contribution is -0.384. The second kappa shape index (κ2) is 7.40. The van der Waals surface area contributed by atoms with Gasteiger partial charge in [0.15, 0.2) is 17.6 Å². The lowest BCUT2D eigenvalue weighted by Gasteiger charge is -2.16. The van der Waals surface area contributed by atoms with Crippen molar-refractivity contribution < 1.29 is 23.6 Å². The number of carbonyl (C=O) groups excluding carboxylic acids is 1. The second-order valence-corrected chi connectivity index (χ2v) is 4.82. The van der Waals surface area contributed by atoms with Crippen LogP contribution in [0, 0.1) is 15.9 Å². The Morgan fingerprint density at radius 3 is 2.54 bits per heavy atom. The van der Waals surface area contributed by atoms with Gasteiger partial charge in [0.2, 0.25) is 0 Å². The fraction of sp³-hybridized carbons (Fsp3) is 0.188. The number of nitro groups is 1. The standard InChI is InChI=1S/C16H15FN2O5/c1-10(24-15-6-4-3-5-14(15)23-2)16(20)18-13-9-11(19(21)22)7-8-12(13)17/h3-10H,1-2H3,(H,18,20). The number of amides is 1. The van der Waals surface area contributed by atoms with Gasteiger partial charge >= 0.3 is 0 Å². The number of benzene rings is 2. The van der Waals surface area contributed by atoms with Gasteiger partial charge in [0.25, 0.3) is 11.6 Å². The molecule has 2 rings (SSSR count). The van der Waals surface area contributed by atoms with Crippen molar-refractivity contribution >= 4 is 17.3 Å². The summed E-state index contributed by atoms with van der Waals surface area (Å²) in [5.74, 6) is -0.639. The Morgan fingerprint density at radius 2 is 1.92 bits per heavy atom. The van der Waals surface area contributed by atoms with Crippen molar-refractivity contribution in [3.05, 3.63) is 58.4 Å². The molecule has 0 fully saturated rings. The number of para-hydroxylation sites is 2. The third-order valence-corrected chi connectivity index (χ3v) is 3.16. The highest BCUT2D eigenvalue weighted by Crippen LogP contribution is 2.27. The summed E-state index contributed by atoms with van der Waals surface area (Å²) < 4.78 is 24.3. The van der Waals surface area contributed by atoms with Gasteiger partial charge < -0.3 is 14.8 Å². The largest absolute Gasteiger partial charge is 0.493 e. The predicted octanol–water partition coefficient (Wildman–Crippen LogP) is 3.15. The fourth-order valence-corrected chi connectivity index (χ4v) is 1.92. The number of carbonyl (C=O) groups is 1. The smallest absolute Gasteiger partial charge is 0.271 e. The molecule has 8 heteroatoms. The molecular weight excluding hydrogens is 319 g/mol. The molecular formula is C16H15FN2O5. The molecule has 0 aromatic heterocycles. The van der Waals surface area contributed by atoms with Crippen LogP contribution in [0.3, 0.4) is 0 Å². The molecule has 2 aromatic rings. The summed E-state index contributed by atoms with van der Waals surface area (Å²) in [7, 11) is 1.46. The Balaban J connectivity index is 2.12. The fourth-order valence-electron chi connectivity index (χ4n) is 1.92. The van der Waals surface area contributed by atoms with Gasteiger partial charge in [-0.1, -0.05) is 12.1 Å². The van der Waals surface area contributed by atoms with E-state index in [4.69, 9.17) is 9.47 Å². The number of ether oxygens (including phenoxy) is 2. The van der Waals surface area contributed by atoms with Crippen LogP contribution in [0.2, 0.25) is 0 Å². The minimum atomic E-state index is -0.972. The molecule has 0 heterocycles. The number of hydrogen-bond donors (Lipinski definition) is 1. The van der Waals surface area contributed by atoms with E-state index in [9.17, 15) is 19.3 Å². The molecule has 0 radical (unpaired) electrons. The van der Waals surface area contributed by atoms with Crippen molar-refractivity contribution in [2.45, 2.75) is 13.0 Å². The molecule has 0 aliphatic heterocycles. The average molecular weight is 334 g/mol. The summed E-state index contributed by atoms with van der Waals surface area (Å²) in [5.41, 5.74) is -0.616. The van der Waals surface area contributed by atoms with Crippen LogP contribution < -0.4 is 14.8 Å². The van der Waals surface area contributed by atoms with E-state index in [-0.39, 0.29) is 11.4 Å². The van der Waals surface area contributed by atoms with Gasteiger partial charge in [0.05, 0.1) is 17.7 Å². The zero-order valence-electron chi connectivity index (χ0n) is 13.0. The van der Waals surface area contributed by atoms with Crippen LogP contribution >= 0.6 is 0 Å². The van der Waals surface area contributed by atoms with Crippen molar-refractivity contribution in [1.82, 2.24) is 0 Å². The molecule has 1 N–H and O–H groups in total. The van der Waals surface area contributed by atoms with E-state index in [1.165, 1.54) is 14.0 Å². The number of methoxy groups -OCH3 is 1. The number of nitrogens with one attached hydrogen (secondary N) is 1. The SMILES string of the molecule is COc1ccccc1OC(C)C(=O)Nc1cc([N+](=O)[O-])ccc1F. The number of nitrogens with zero attached hydrogens (tertiary/aromatic N) is 1. The molecule has 0 aliphatic rings. The number of non-ortho nitro benzene ring substituents is 1. The monoisotopic (exact) mass is 334 g/mol. The summed E-state index contributed by atoms with van der Waals surface area (Å²) >= 11 is 0. The van der Waals surface area contributed by atoms with Crippen LogP contribution in [-0.4, -0.2) is 24.0 Å². The minimum absolute atomic E-state index is 0.287. The van der Waals surface area contributed by atoms with Crippen LogP contribution in [0.4, 0.5) is 15.8 Å². The van der Waals surface area contributed by atoms with Crippen LogP contribution in [0.5, 0.6) is 11.5 Å². The molecule has 0 saturated heterocycles. The molecule has 1 unspecified atom stereocenters. The highest BCUT2D eigenvalue weighted by molar-refractivity contribution is 5.94. The van der Waals surface area contributed by atoms with Crippen molar-refractivity contribution in [3.8, 4) is 11.5 Å². The van der Waals surface area contributed by atoms with Crippen molar-refractivity contribution in [2.24, 2.45) is 0 Å². The number of hydrogen-bond acceptors (Lipinski definition) is 5. The quantitative estimate of drug-likeness (QED) is 0.647. The van der Waals surface area contributed by atoms with Crippen LogP contribution in [0.25, 0.3) is 0 Å². The van der Waals surface area contributed by atoms with E-state index in [1.807, 2.05) is 0 Å². The van der Waals surface area contributed by atoms with Gasteiger partial charge in [-0.3, -0.25) is 14.9 Å². The van der Waals surface area contributed by atoms with Crippen LogP contribution in [0.1, 0.15) is 6.92 Å². The lowest BCUT2D eigenvalue weighted by Crippen LogP contribution is -2.30. The first-order valence-corrected chi connectivity index (χ1v) is 6.97. The highest BCUT2D eigenvalue weighted by Gasteiger charge is 2.19. The lowest BCUT2D eigenvalue weighted by atomic mass is 10.2. The van der Waals surface area contributed by atoms with E-state index in [0.29, 0.717) is 11.5 Å². The van der Waals surface area contributed by atoms with Gasteiger partial charge in [-0.2, -0.15) is 0 Å². The van der Waals surface area contributed by atoms with Gasteiger partial charge in [-0.05, 0) is 25.1 Å². The molecule has 0 bridgehead atoms. The maximum atomic E-state index is 13.7. The molecule has 1 amide bonds. The Labute approximate surface area is 137 Å². The zero-order chi connectivity index (χ0) is 17.7. The highest BCUT2D eigenvalue weighted by atomic mass is 19.1. The van der Waals surface area contributed by atoms with Crippen molar-refractivity contribution in [3.63, 3.8) is 0 Å². The van der Waals surface area contributed by atoms with Crippen LogP contribution in [0.15, 0.2) is 42.5 Å². The van der Waals surface area contributed by atoms with Gasteiger partial charge in [-0.25, -0.2) is 4.39 Å². The van der Waals surface area contributed by atoms with E-state index in [1.54, 1.807) is 24.3 Å². The van der Waals surface area contributed by atoms with E-state index in [0.717, 1.165) is 18.2 Å². The van der Waals surface area contributed by atoms with E-state index in [2.05, 4.69) is 5.32 Å². The first-order chi connectivity index (χ1) is 11.4. The maximum absolute atomic E-state index is 13.7. The third kappa shape index (κ3) is 3.97. The molecule has 0 saturated carbocycles. The summed E-state index contributed by atoms with van der Waals surface area (Å²) in [6.07, 6.45) is -0.972. The molecule has 1 atom stereocenters. The van der Waals surface area contributed by atoms with Gasteiger partial charge in [0, 0.05) is 12.1 Å². The zero-order valence-corrected chi connectivity index (χ0v) is 13.0. The summed E-state index contributed by atoms with van der Waals surface area (Å²) in [4.78, 5) is 22.2. The maximum Gasteiger partial charge on any atom is 0.271 e. The molecule has 24 heavy (non-hydrogen) atoms. The predicted molar refractivity (Wildman–Crippen MR) is 84.8 cm³/mol. The van der Waals surface area contributed by atoms with Crippen LogP contribution in [-0.2, 0) is 4.79 Å². The van der Waals surface area contributed by atoms with E-state index >= 15 is 0 Å². The minimum Gasteiger partial charge on any atom is -0.493 e. The summed E-state index contributed by atoms with van der Waals surface area (Å²) in [6, 6.07) is 9.62. The van der Waals surface area contributed by atoms with E-state index < -0.39 is 22.8 Å². The Bertz CT molecular complexity index is 766. The topological polar surface area (TPSA) is 90.7 Å². The third-order valence-electron chi connectivity index (χ3n) is 3.16. The van der Waals surface area contributed by atoms with Crippen molar-refractivity contribution in [1.29, 1.82) is 0 Å². The first kappa shape index (κ1) is 17.2. The number of halogens is 1. The Morgan fingerprint density at radius 1 is 1.25 bits per heavy atom. The first-order valence-electron chi connectivity index (χ1n) is 6.97. The average Bonchev–Trinajstić information content (AvgIpc) is 2.57. The molecule has 7 nitrogen and oxygen atoms in total. The Hall–Kier alpha value is -3.16. The molecule has 126 valence electrons. The van der Waals surface area contributed by atoms with Gasteiger partial charge in [0.1, 0.15) is 5.82 Å². The molecule has 2 aromatic carbocycles. The second-order valence-electron chi connectivity index (χ2n) is 4.82. The summed E-state index contributed by atoms with van der Waals surface area (Å²) in [5, 5.41) is 13.0. The van der Waals surface area contributed by atoms with Gasteiger partial charge in [-0.15, -0.1) is 0 Å². The summed E-state index contributed by atoms with van der Waals surface area (Å²) in [6.45, 7) is 1.47. The number of nitro benzene ring substituents is 1. The normalized spacial score (nSPS) is 11.5. The Kier molecular flexibility index (Phi) is 5.31. The number of rotatable bonds is 6. The number of anilines is 1. The molecule has 0 spiro atoms. The van der Waals surface area contributed by atoms with Crippen molar-refractivity contribution in [2.75, 3.05) is 12.4 Å². The molecule has 0 aliphatic carbocycles.